The van der Waals surface area contributed by atoms with E-state index in [9.17, 15) is 0 Å². The molecule has 0 saturated carbocycles. The van der Waals surface area contributed by atoms with Crippen molar-refractivity contribution >= 4 is 17.0 Å². The number of nitrogens with zero attached hydrogens (tertiary/aromatic N) is 3. The van der Waals surface area contributed by atoms with Crippen LogP contribution in [0.5, 0.6) is 0 Å². The first-order valence-corrected chi connectivity index (χ1v) is 6.97. The summed E-state index contributed by atoms with van der Waals surface area (Å²) in [4.78, 5) is 0. The topological polar surface area (TPSA) is 61.7 Å². The summed E-state index contributed by atoms with van der Waals surface area (Å²) < 4.78 is 7.94. The Morgan fingerprint density at radius 3 is 2.76 bits per heavy atom. The summed E-state index contributed by atoms with van der Waals surface area (Å²) in [6, 6.07) is 11.9. The zero-order chi connectivity index (χ0) is 14.8. The number of nitriles is 2. The summed E-state index contributed by atoms with van der Waals surface area (Å²) >= 11 is 0. The fraction of sp³-hybridized carbons (Fsp3) is 0.294. The molecule has 2 aromatic rings. The Morgan fingerprint density at radius 1 is 1.33 bits per heavy atom. The summed E-state index contributed by atoms with van der Waals surface area (Å²) in [5, 5.41) is 19.1. The van der Waals surface area contributed by atoms with Crippen molar-refractivity contribution in [1.82, 2.24) is 4.57 Å². The van der Waals surface area contributed by atoms with E-state index < -0.39 is 0 Å². The molecule has 1 aromatic carbocycles. The number of para-hydroxylation sites is 1. The largest absolute Gasteiger partial charge is 0.372 e. The third kappa shape index (κ3) is 2.20. The molecule has 21 heavy (non-hydrogen) atoms. The van der Waals surface area contributed by atoms with Gasteiger partial charge in [0.15, 0.2) is 0 Å². The molecule has 4 heteroatoms. The van der Waals surface area contributed by atoms with Gasteiger partial charge in [0.25, 0.3) is 0 Å². The maximum atomic E-state index is 9.04. The van der Waals surface area contributed by atoms with Gasteiger partial charge in [-0.1, -0.05) is 18.2 Å². The number of fused-ring (bicyclic) bond motifs is 1. The van der Waals surface area contributed by atoms with Gasteiger partial charge in [-0.3, -0.25) is 0 Å². The van der Waals surface area contributed by atoms with Gasteiger partial charge in [0, 0.05) is 30.1 Å². The van der Waals surface area contributed by atoms with Crippen LogP contribution in [0.2, 0.25) is 0 Å². The molecule has 0 N–H and O–H groups in total. The van der Waals surface area contributed by atoms with E-state index in [2.05, 4.69) is 4.57 Å². The Labute approximate surface area is 123 Å². The molecule has 1 aliphatic heterocycles. The van der Waals surface area contributed by atoms with Crippen LogP contribution in [0.15, 0.2) is 29.8 Å². The molecule has 0 spiro atoms. The van der Waals surface area contributed by atoms with Crippen molar-refractivity contribution in [3.05, 3.63) is 41.1 Å². The Morgan fingerprint density at radius 2 is 2.10 bits per heavy atom. The molecule has 0 amide bonds. The molecule has 1 fully saturated rings. The van der Waals surface area contributed by atoms with Crippen LogP contribution in [0, 0.1) is 22.7 Å². The van der Waals surface area contributed by atoms with E-state index >= 15 is 0 Å². The molecule has 1 atom stereocenters. The number of rotatable bonds is 2. The molecule has 1 aliphatic rings. The maximum absolute atomic E-state index is 9.04. The van der Waals surface area contributed by atoms with E-state index in [0.717, 1.165) is 41.6 Å². The molecule has 2 heterocycles. The highest BCUT2D eigenvalue weighted by Gasteiger charge is 2.25. The number of ether oxygens (including phenoxy) is 1. The van der Waals surface area contributed by atoms with E-state index in [1.54, 1.807) is 6.08 Å². The van der Waals surface area contributed by atoms with E-state index in [4.69, 9.17) is 15.3 Å². The first-order chi connectivity index (χ1) is 10.3. The zero-order valence-electron chi connectivity index (χ0n) is 11.8. The molecular weight excluding hydrogens is 262 g/mol. The Kier molecular flexibility index (Phi) is 3.48. The smallest absolute Gasteiger partial charge is 0.130 e. The molecule has 4 nitrogen and oxygen atoms in total. The van der Waals surface area contributed by atoms with Gasteiger partial charge in [-0.05, 0) is 25.0 Å². The van der Waals surface area contributed by atoms with E-state index in [1.165, 1.54) is 0 Å². The van der Waals surface area contributed by atoms with Crippen molar-refractivity contribution in [2.75, 3.05) is 6.61 Å². The van der Waals surface area contributed by atoms with Crippen molar-refractivity contribution in [3.63, 3.8) is 0 Å². The van der Waals surface area contributed by atoms with Crippen LogP contribution in [-0.2, 0) is 11.8 Å². The van der Waals surface area contributed by atoms with Crippen molar-refractivity contribution in [2.24, 2.45) is 7.05 Å². The van der Waals surface area contributed by atoms with E-state index in [0.29, 0.717) is 0 Å². The van der Waals surface area contributed by atoms with Gasteiger partial charge < -0.3 is 9.30 Å². The first kappa shape index (κ1) is 13.4. The summed E-state index contributed by atoms with van der Waals surface area (Å²) in [6.45, 7) is 0.763. The van der Waals surface area contributed by atoms with Gasteiger partial charge in [0.1, 0.15) is 17.7 Å². The monoisotopic (exact) mass is 277 g/mol. The Balaban J connectivity index is 2.29. The molecule has 0 radical (unpaired) electrons. The summed E-state index contributed by atoms with van der Waals surface area (Å²) in [5.74, 6) is 0. The predicted molar refractivity (Wildman–Crippen MR) is 80.0 cm³/mol. The third-order valence-corrected chi connectivity index (χ3v) is 3.96. The molecule has 1 aromatic heterocycles. The van der Waals surface area contributed by atoms with Crippen molar-refractivity contribution < 1.29 is 4.74 Å². The highest BCUT2D eigenvalue weighted by Crippen LogP contribution is 2.37. The zero-order valence-corrected chi connectivity index (χ0v) is 11.8. The van der Waals surface area contributed by atoms with Crippen LogP contribution in [0.3, 0.4) is 0 Å². The van der Waals surface area contributed by atoms with E-state index in [-0.39, 0.29) is 11.7 Å². The van der Waals surface area contributed by atoms with Gasteiger partial charge in [-0.25, -0.2) is 0 Å². The standard InChI is InChI=1S/C17H15N3O/c1-20-15-6-3-2-5-13(15)14(9-12(10-18)11-19)17(20)16-7-4-8-21-16/h2-3,5-6,9,16H,4,7-8H2,1H3. The van der Waals surface area contributed by atoms with Crippen LogP contribution in [0.1, 0.15) is 30.2 Å². The lowest BCUT2D eigenvalue weighted by molar-refractivity contribution is 0.106. The third-order valence-electron chi connectivity index (χ3n) is 3.96. The molecule has 1 unspecified atom stereocenters. The Hall–Kier alpha value is -2.56. The minimum Gasteiger partial charge on any atom is -0.372 e. The number of allylic oxidation sites excluding steroid dienone is 1. The van der Waals surface area contributed by atoms with Crippen molar-refractivity contribution in [3.8, 4) is 12.1 Å². The maximum Gasteiger partial charge on any atom is 0.130 e. The quantitative estimate of drug-likeness (QED) is 0.790. The molecule has 0 bridgehead atoms. The average Bonchev–Trinajstić information content (AvgIpc) is 3.12. The fourth-order valence-corrected chi connectivity index (χ4v) is 3.01. The van der Waals surface area contributed by atoms with E-state index in [1.807, 2.05) is 43.5 Å². The molecule has 104 valence electrons. The van der Waals surface area contributed by atoms with Gasteiger partial charge in [-0.2, -0.15) is 10.5 Å². The second-order valence-electron chi connectivity index (χ2n) is 5.16. The lowest BCUT2D eigenvalue weighted by Crippen LogP contribution is -2.04. The highest BCUT2D eigenvalue weighted by molar-refractivity contribution is 5.92. The predicted octanol–water partition coefficient (Wildman–Crippen LogP) is 3.46. The Bertz CT molecular complexity index is 780. The second kappa shape index (κ2) is 5.44. The number of hydrogen-bond donors (Lipinski definition) is 0. The van der Waals surface area contributed by atoms with Crippen LogP contribution < -0.4 is 0 Å². The minimum atomic E-state index is 0.0345. The van der Waals surface area contributed by atoms with Gasteiger partial charge in [0.2, 0.25) is 0 Å². The summed E-state index contributed by atoms with van der Waals surface area (Å²) in [6.07, 6.45) is 3.73. The van der Waals surface area contributed by atoms with Crippen LogP contribution >= 0.6 is 0 Å². The average molecular weight is 277 g/mol. The molecule has 0 aliphatic carbocycles. The highest BCUT2D eigenvalue weighted by atomic mass is 16.5. The summed E-state index contributed by atoms with van der Waals surface area (Å²) in [5.41, 5.74) is 3.19. The molecule has 1 saturated heterocycles. The van der Waals surface area contributed by atoms with Crippen LogP contribution in [0.25, 0.3) is 17.0 Å². The number of hydrogen-bond acceptors (Lipinski definition) is 3. The SMILES string of the molecule is Cn1c(C2CCCO2)c(C=C(C#N)C#N)c2ccccc21. The van der Waals surface area contributed by atoms with Gasteiger partial charge >= 0.3 is 0 Å². The summed E-state index contributed by atoms with van der Waals surface area (Å²) in [7, 11) is 2.01. The molecule has 3 rings (SSSR count). The first-order valence-electron chi connectivity index (χ1n) is 6.97. The van der Waals surface area contributed by atoms with Crippen molar-refractivity contribution in [1.29, 1.82) is 10.5 Å². The lowest BCUT2D eigenvalue weighted by atomic mass is 10.0. The second-order valence-corrected chi connectivity index (χ2v) is 5.16. The van der Waals surface area contributed by atoms with Gasteiger partial charge in [0.05, 0.1) is 11.8 Å². The van der Waals surface area contributed by atoms with Gasteiger partial charge in [-0.15, -0.1) is 0 Å². The molecular formula is C17H15N3O. The normalized spacial score (nSPS) is 17.4. The van der Waals surface area contributed by atoms with Crippen LogP contribution in [0.4, 0.5) is 0 Å². The number of benzene rings is 1. The number of aromatic nitrogens is 1. The lowest BCUT2D eigenvalue weighted by Gasteiger charge is -2.13. The minimum absolute atomic E-state index is 0.0345. The van der Waals surface area contributed by atoms with Crippen molar-refractivity contribution in [2.45, 2.75) is 18.9 Å². The fourth-order valence-electron chi connectivity index (χ4n) is 3.01. The number of aryl methyl sites for hydroxylation is 1. The van der Waals surface area contributed by atoms with Crippen LogP contribution in [-0.4, -0.2) is 11.2 Å².